The summed E-state index contributed by atoms with van der Waals surface area (Å²) in [5.41, 5.74) is 4.51. The largest absolute Gasteiger partial charge is 0.345 e. The molecule has 3 rings (SSSR count). The first-order chi connectivity index (χ1) is 12.8. The average molecular weight is 384 g/mol. The molecular weight excluding hydrogens is 346 g/mol. The Hall–Kier alpha value is -1.35. The summed E-state index contributed by atoms with van der Waals surface area (Å²) in [5.74, 6) is 0.733. The average Bonchev–Trinajstić information content (AvgIpc) is 2.63. The predicted octanol–water partition coefficient (Wildman–Crippen LogP) is 6.56. The van der Waals surface area contributed by atoms with Crippen LogP contribution in [0.3, 0.4) is 0 Å². The van der Waals surface area contributed by atoms with Crippen molar-refractivity contribution in [3.8, 4) is 0 Å². The fourth-order valence-electron chi connectivity index (χ4n) is 6.49. The summed E-state index contributed by atoms with van der Waals surface area (Å²) < 4.78 is 0. The number of hydrogen-bond donors (Lipinski definition) is 1. The zero-order chi connectivity index (χ0) is 19.8. The Bertz CT molecular complexity index is 683. The van der Waals surface area contributed by atoms with Crippen molar-refractivity contribution < 1.29 is 4.79 Å². The molecule has 0 unspecified atom stereocenters. The lowest BCUT2D eigenvalue weighted by Crippen LogP contribution is -2.56. The molecular formula is C24H37NOSi. The summed E-state index contributed by atoms with van der Waals surface area (Å²) in [6, 6.07) is 10.8. The van der Waals surface area contributed by atoms with Crippen LogP contribution in [0.15, 0.2) is 41.1 Å². The van der Waals surface area contributed by atoms with E-state index >= 15 is 0 Å². The maximum absolute atomic E-state index is 13.7. The van der Waals surface area contributed by atoms with Gasteiger partial charge in [0, 0.05) is 11.1 Å². The molecule has 1 saturated carbocycles. The lowest BCUT2D eigenvalue weighted by atomic mass is 9.75. The van der Waals surface area contributed by atoms with Crippen LogP contribution >= 0.6 is 0 Å². The Morgan fingerprint density at radius 2 is 1.52 bits per heavy atom. The van der Waals surface area contributed by atoms with Crippen LogP contribution in [-0.2, 0) is 4.79 Å². The summed E-state index contributed by atoms with van der Waals surface area (Å²) in [6.45, 7) is 14.2. The molecule has 1 heterocycles. The molecule has 1 aromatic carbocycles. The molecule has 1 amide bonds. The number of amides is 1. The number of benzene rings is 1. The first-order valence-corrected chi connectivity index (χ1v) is 13.1. The molecule has 0 saturated heterocycles. The lowest BCUT2D eigenvalue weighted by molar-refractivity contribution is -0.118. The maximum Gasteiger partial charge on any atom is 0.243 e. The van der Waals surface area contributed by atoms with E-state index in [4.69, 9.17) is 0 Å². The Kier molecular flexibility index (Phi) is 6.00. The van der Waals surface area contributed by atoms with Crippen LogP contribution in [-0.4, -0.2) is 14.0 Å². The molecule has 0 aromatic heterocycles. The Balaban J connectivity index is 2.19. The minimum Gasteiger partial charge on any atom is -0.345 e. The second-order valence-electron chi connectivity index (χ2n) is 9.51. The molecule has 3 heteroatoms. The third kappa shape index (κ3) is 3.33. The summed E-state index contributed by atoms with van der Waals surface area (Å²) in [7, 11) is -1.96. The van der Waals surface area contributed by atoms with Gasteiger partial charge >= 0.3 is 0 Å². The van der Waals surface area contributed by atoms with Crippen molar-refractivity contribution in [1.29, 1.82) is 0 Å². The van der Waals surface area contributed by atoms with Gasteiger partial charge in [0.1, 0.15) is 8.07 Å². The molecule has 2 atom stereocenters. The van der Waals surface area contributed by atoms with Gasteiger partial charge in [-0.3, -0.25) is 4.79 Å². The normalized spacial score (nSPS) is 23.8. The Labute approximate surface area is 166 Å². The van der Waals surface area contributed by atoms with Crippen LogP contribution in [0.25, 0.3) is 0 Å². The van der Waals surface area contributed by atoms with Gasteiger partial charge in [-0.1, -0.05) is 83.9 Å². The first-order valence-electron chi connectivity index (χ1n) is 10.9. The lowest BCUT2D eigenvalue weighted by Gasteiger charge is -2.50. The van der Waals surface area contributed by atoms with E-state index in [1.165, 1.54) is 35.6 Å². The van der Waals surface area contributed by atoms with Gasteiger partial charge in [-0.15, -0.1) is 0 Å². The van der Waals surface area contributed by atoms with Crippen molar-refractivity contribution in [2.24, 2.45) is 5.92 Å². The van der Waals surface area contributed by atoms with E-state index in [9.17, 15) is 4.79 Å². The number of fused-ring (bicyclic) bond motifs is 1. The molecule has 27 heavy (non-hydrogen) atoms. The number of nitrogens with one attached hydrogen (secondary N) is 1. The number of carbonyl (C=O) groups excluding carboxylic acids is 1. The van der Waals surface area contributed by atoms with Gasteiger partial charge in [-0.25, -0.2) is 0 Å². The fraction of sp³-hybridized carbons (Fsp3) is 0.625. The maximum atomic E-state index is 13.7. The van der Waals surface area contributed by atoms with E-state index in [2.05, 4.69) is 77.2 Å². The summed E-state index contributed by atoms with van der Waals surface area (Å²) in [5, 5.41) is 4.77. The SMILES string of the molecule is CC(C)[Si](C1=C2CCCC[C@H]2[C@H](c2ccccc2)NC1=O)(C(C)C)C(C)C. The van der Waals surface area contributed by atoms with Crippen LogP contribution in [0, 0.1) is 5.92 Å². The monoisotopic (exact) mass is 383 g/mol. The molecule has 0 spiro atoms. The van der Waals surface area contributed by atoms with Crippen molar-refractivity contribution in [2.75, 3.05) is 0 Å². The number of carbonyl (C=O) groups is 1. The topological polar surface area (TPSA) is 29.1 Å². The molecule has 0 radical (unpaired) electrons. The minimum atomic E-state index is -1.96. The van der Waals surface area contributed by atoms with Gasteiger partial charge in [0.2, 0.25) is 5.91 Å². The molecule has 1 aliphatic carbocycles. The van der Waals surface area contributed by atoms with Gasteiger partial charge in [-0.2, -0.15) is 0 Å². The number of rotatable bonds is 5. The van der Waals surface area contributed by atoms with Crippen molar-refractivity contribution in [3.05, 3.63) is 46.7 Å². The third-order valence-electron chi connectivity index (χ3n) is 7.35. The van der Waals surface area contributed by atoms with Crippen molar-refractivity contribution >= 4 is 14.0 Å². The molecule has 1 fully saturated rings. The van der Waals surface area contributed by atoms with Gasteiger partial charge in [0.25, 0.3) is 0 Å². The zero-order valence-electron chi connectivity index (χ0n) is 18.0. The van der Waals surface area contributed by atoms with Gasteiger partial charge in [0.15, 0.2) is 0 Å². The quantitative estimate of drug-likeness (QED) is 0.573. The van der Waals surface area contributed by atoms with E-state index in [1.807, 2.05) is 0 Å². The number of hydrogen-bond acceptors (Lipinski definition) is 1. The van der Waals surface area contributed by atoms with Crippen LogP contribution in [0.2, 0.25) is 16.6 Å². The van der Waals surface area contributed by atoms with Crippen LogP contribution in [0.4, 0.5) is 0 Å². The van der Waals surface area contributed by atoms with Crippen LogP contribution in [0.5, 0.6) is 0 Å². The second-order valence-corrected chi connectivity index (χ2v) is 15.3. The van der Waals surface area contributed by atoms with E-state index < -0.39 is 8.07 Å². The molecule has 148 valence electrons. The van der Waals surface area contributed by atoms with Gasteiger partial charge in [0.05, 0.1) is 6.04 Å². The highest BCUT2D eigenvalue weighted by molar-refractivity contribution is 6.93. The molecule has 1 N–H and O–H groups in total. The highest BCUT2D eigenvalue weighted by Crippen LogP contribution is 2.52. The van der Waals surface area contributed by atoms with E-state index in [0.29, 0.717) is 22.5 Å². The van der Waals surface area contributed by atoms with Crippen molar-refractivity contribution in [2.45, 2.75) is 89.9 Å². The first kappa shape index (κ1) is 20.4. The van der Waals surface area contributed by atoms with Crippen LogP contribution < -0.4 is 5.32 Å². The van der Waals surface area contributed by atoms with Gasteiger partial charge in [-0.05, 0) is 41.4 Å². The standard InChI is InChI=1S/C24H37NOSi/c1-16(2)27(17(3)4,18(5)6)23-21-15-11-10-14-20(21)22(25-24(23)26)19-12-8-7-9-13-19/h7-9,12-13,16-18,20,22H,10-11,14-15H2,1-6H3,(H,25,26)/t20-,22+/m1/s1. The molecule has 2 nitrogen and oxygen atoms in total. The molecule has 0 bridgehead atoms. The minimum absolute atomic E-state index is 0.149. The second kappa shape index (κ2) is 7.95. The summed E-state index contributed by atoms with van der Waals surface area (Å²) >= 11 is 0. The Morgan fingerprint density at radius 1 is 0.926 bits per heavy atom. The van der Waals surface area contributed by atoms with Gasteiger partial charge < -0.3 is 5.32 Å². The third-order valence-corrected chi connectivity index (χ3v) is 14.5. The van der Waals surface area contributed by atoms with E-state index in [1.54, 1.807) is 0 Å². The molecule has 1 aliphatic heterocycles. The smallest absolute Gasteiger partial charge is 0.243 e. The van der Waals surface area contributed by atoms with E-state index in [0.717, 1.165) is 6.42 Å². The van der Waals surface area contributed by atoms with E-state index in [-0.39, 0.29) is 11.9 Å². The predicted molar refractivity (Wildman–Crippen MR) is 117 cm³/mol. The summed E-state index contributed by atoms with van der Waals surface area (Å²) in [6.07, 6.45) is 4.85. The Morgan fingerprint density at radius 3 is 2.07 bits per heavy atom. The summed E-state index contributed by atoms with van der Waals surface area (Å²) in [4.78, 5) is 13.7. The van der Waals surface area contributed by atoms with Crippen LogP contribution in [0.1, 0.15) is 78.8 Å². The van der Waals surface area contributed by atoms with Crippen molar-refractivity contribution in [1.82, 2.24) is 5.32 Å². The highest BCUT2D eigenvalue weighted by Gasteiger charge is 2.52. The molecule has 1 aromatic rings. The zero-order valence-corrected chi connectivity index (χ0v) is 19.0. The fourth-order valence-corrected chi connectivity index (χ4v) is 13.6. The highest BCUT2D eigenvalue weighted by atomic mass is 28.3. The van der Waals surface area contributed by atoms with Crippen molar-refractivity contribution in [3.63, 3.8) is 0 Å². The molecule has 2 aliphatic rings.